The van der Waals surface area contributed by atoms with Crippen LogP contribution in [0.5, 0.6) is 0 Å². The molecule has 0 bridgehead atoms. The fraction of sp³-hybridized carbons (Fsp3) is 0.375. The number of cyclic esters (lactones) is 1. The van der Waals surface area contributed by atoms with Crippen LogP contribution < -0.4 is 0 Å². The van der Waals surface area contributed by atoms with Crippen molar-refractivity contribution in [1.29, 1.82) is 0 Å². The van der Waals surface area contributed by atoms with E-state index in [-0.39, 0.29) is 18.6 Å². The summed E-state index contributed by atoms with van der Waals surface area (Å²) >= 11 is 0. The highest BCUT2D eigenvalue weighted by atomic mass is 16.6. The largest absolute Gasteiger partial charge is 0.447 e. The van der Waals surface area contributed by atoms with Gasteiger partial charge in [0.1, 0.15) is 6.61 Å². The Morgan fingerprint density at radius 3 is 2.80 bits per heavy atom. The number of rotatable bonds is 3. The highest BCUT2D eigenvalue weighted by molar-refractivity contribution is 6.03. The SMILES string of the molecule is O=C1OC[C@@H](Cc2ccccc2)N1C(=O)C1=CCCC1. The molecule has 0 unspecified atom stereocenters. The molecule has 104 valence electrons. The van der Waals surface area contributed by atoms with Gasteiger partial charge < -0.3 is 4.74 Å². The smallest absolute Gasteiger partial charge is 0.417 e. The van der Waals surface area contributed by atoms with Crippen molar-refractivity contribution in [3.05, 3.63) is 47.5 Å². The van der Waals surface area contributed by atoms with Gasteiger partial charge in [-0.2, -0.15) is 0 Å². The molecule has 0 aromatic heterocycles. The van der Waals surface area contributed by atoms with Crippen LogP contribution >= 0.6 is 0 Å². The van der Waals surface area contributed by atoms with Crippen molar-refractivity contribution < 1.29 is 14.3 Å². The van der Waals surface area contributed by atoms with Gasteiger partial charge in [-0.15, -0.1) is 0 Å². The van der Waals surface area contributed by atoms with Gasteiger partial charge in [0, 0.05) is 5.57 Å². The number of carbonyl (C=O) groups excluding carboxylic acids is 2. The quantitative estimate of drug-likeness (QED) is 0.849. The summed E-state index contributed by atoms with van der Waals surface area (Å²) in [4.78, 5) is 25.5. The lowest BCUT2D eigenvalue weighted by Gasteiger charge is -2.20. The van der Waals surface area contributed by atoms with Gasteiger partial charge in [0.25, 0.3) is 5.91 Å². The first-order chi connectivity index (χ1) is 9.75. The highest BCUT2D eigenvalue weighted by Crippen LogP contribution is 2.25. The molecule has 0 radical (unpaired) electrons. The molecule has 20 heavy (non-hydrogen) atoms. The molecule has 1 aromatic rings. The first-order valence-electron chi connectivity index (χ1n) is 6.99. The van der Waals surface area contributed by atoms with Gasteiger partial charge in [-0.1, -0.05) is 36.4 Å². The lowest BCUT2D eigenvalue weighted by atomic mass is 10.1. The number of ether oxygens (including phenoxy) is 1. The number of nitrogens with zero attached hydrogens (tertiary/aromatic N) is 1. The third kappa shape index (κ3) is 2.46. The minimum absolute atomic E-state index is 0.175. The Morgan fingerprint density at radius 2 is 2.10 bits per heavy atom. The van der Waals surface area contributed by atoms with E-state index in [1.54, 1.807) is 0 Å². The predicted octanol–water partition coefficient (Wildman–Crippen LogP) is 2.69. The lowest BCUT2D eigenvalue weighted by Crippen LogP contribution is -2.40. The van der Waals surface area contributed by atoms with Gasteiger partial charge >= 0.3 is 6.09 Å². The number of hydrogen-bond donors (Lipinski definition) is 0. The average molecular weight is 271 g/mol. The molecule has 4 nitrogen and oxygen atoms in total. The first-order valence-corrected chi connectivity index (χ1v) is 6.99. The Kier molecular flexibility index (Phi) is 3.54. The highest BCUT2D eigenvalue weighted by Gasteiger charge is 2.39. The molecule has 1 aliphatic carbocycles. The van der Waals surface area contributed by atoms with Gasteiger partial charge in [0.15, 0.2) is 0 Å². The van der Waals surface area contributed by atoms with E-state index in [1.165, 1.54) is 4.90 Å². The summed E-state index contributed by atoms with van der Waals surface area (Å²) < 4.78 is 5.07. The number of imide groups is 1. The van der Waals surface area contributed by atoms with E-state index in [9.17, 15) is 9.59 Å². The standard InChI is InChI=1S/C16H17NO3/c18-15(13-8-4-5-9-13)17-14(11-20-16(17)19)10-12-6-2-1-3-7-12/h1-3,6-8,14H,4-5,9-11H2/t14-/m1/s1. The van der Waals surface area contributed by atoms with Gasteiger partial charge in [-0.25, -0.2) is 9.69 Å². The van der Waals surface area contributed by atoms with Gasteiger partial charge in [-0.3, -0.25) is 4.79 Å². The van der Waals surface area contributed by atoms with E-state index in [0.29, 0.717) is 6.42 Å². The number of benzene rings is 1. The van der Waals surface area contributed by atoms with Crippen LogP contribution in [0.4, 0.5) is 4.79 Å². The maximum absolute atomic E-state index is 12.4. The molecule has 1 heterocycles. The van der Waals surface area contributed by atoms with Crippen molar-refractivity contribution in [1.82, 2.24) is 4.90 Å². The third-order valence-corrected chi connectivity index (χ3v) is 3.81. The molecule has 1 saturated heterocycles. The first kappa shape index (κ1) is 12.9. The Hall–Kier alpha value is -2.10. The maximum atomic E-state index is 12.4. The Bertz CT molecular complexity index is 550. The van der Waals surface area contributed by atoms with E-state index in [2.05, 4.69) is 0 Å². The summed E-state index contributed by atoms with van der Waals surface area (Å²) in [5, 5.41) is 0. The number of allylic oxidation sites excluding steroid dienone is 1. The normalized spacial score (nSPS) is 21.8. The molecule has 1 aromatic carbocycles. The van der Waals surface area contributed by atoms with E-state index in [4.69, 9.17) is 4.74 Å². The van der Waals surface area contributed by atoms with Crippen LogP contribution in [0.1, 0.15) is 24.8 Å². The molecule has 1 aliphatic heterocycles. The van der Waals surface area contributed by atoms with Crippen LogP contribution in [-0.4, -0.2) is 29.5 Å². The minimum Gasteiger partial charge on any atom is -0.447 e. The molecule has 2 amide bonds. The molecule has 1 atom stereocenters. The summed E-state index contributed by atoms with van der Waals surface area (Å²) in [6.07, 6.45) is 4.75. The van der Waals surface area contributed by atoms with Crippen LogP contribution in [0.15, 0.2) is 42.0 Å². The second-order valence-corrected chi connectivity index (χ2v) is 5.22. The molecular formula is C16H17NO3. The summed E-state index contributed by atoms with van der Waals surface area (Å²) in [7, 11) is 0. The van der Waals surface area contributed by atoms with Gasteiger partial charge in [0.2, 0.25) is 0 Å². The molecule has 3 rings (SSSR count). The fourth-order valence-electron chi connectivity index (χ4n) is 2.77. The van der Waals surface area contributed by atoms with Crippen molar-refractivity contribution in [2.75, 3.05) is 6.61 Å². The zero-order valence-electron chi connectivity index (χ0n) is 11.2. The predicted molar refractivity (Wildman–Crippen MR) is 74.1 cm³/mol. The van der Waals surface area contributed by atoms with Crippen molar-refractivity contribution in [2.24, 2.45) is 0 Å². The average Bonchev–Trinajstić information content (AvgIpc) is 3.10. The van der Waals surface area contributed by atoms with Crippen molar-refractivity contribution in [2.45, 2.75) is 31.7 Å². The molecule has 0 saturated carbocycles. The minimum atomic E-state index is -0.510. The topological polar surface area (TPSA) is 46.6 Å². The van der Waals surface area contributed by atoms with Crippen LogP contribution in [-0.2, 0) is 16.0 Å². The zero-order valence-corrected chi connectivity index (χ0v) is 11.2. The second-order valence-electron chi connectivity index (χ2n) is 5.22. The van der Waals surface area contributed by atoms with Crippen LogP contribution in [0.25, 0.3) is 0 Å². The van der Waals surface area contributed by atoms with Crippen molar-refractivity contribution >= 4 is 12.0 Å². The molecule has 1 fully saturated rings. The fourth-order valence-corrected chi connectivity index (χ4v) is 2.77. The zero-order chi connectivity index (χ0) is 13.9. The van der Waals surface area contributed by atoms with Crippen molar-refractivity contribution in [3.63, 3.8) is 0 Å². The van der Waals surface area contributed by atoms with Crippen LogP contribution in [0, 0.1) is 0 Å². The Balaban J connectivity index is 1.76. The van der Waals surface area contributed by atoms with E-state index in [0.717, 1.165) is 30.4 Å². The number of amides is 2. The van der Waals surface area contributed by atoms with E-state index in [1.807, 2.05) is 36.4 Å². The molecule has 0 spiro atoms. The number of hydrogen-bond acceptors (Lipinski definition) is 3. The van der Waals surface area contributed by atoms with E-state index >= 15 is 0 Å². The van der Waals surface area contributed by atoms with Crippen LogP contribution in [0.2, 0.25) is 0 Å². The summed E-state index contributed by atoms with van der Waals surface area (Å²) in [5.41, 5.74) is 1.86. The van der Waals surface area contributed by atoms with E-state index < -0.39 is 6.09 Å². The number of carbonyl (C=O) groups is 2. The van der Waals surface area contributed by atoms with Gasteiger partial charge in [-0.05, 0) is 31.2 Å². The molecule has 0 N–H and O–H groups in total. The Morgan fingerprint density at radius 1 is 1.30 bits per heavy atom. The molecule has 4 heteroatoms. The lowest BCUT2D eigenvalue weighted by molar-refractivity contribution is -0.125. The summed E-state index contributed by atoms with van der Waals surface area (Å²) in [5.74, 6) is -0.175. The molecular weight excluding hydrogens is 254 g/mol. The van der Waals surface area contributed by atoms with Gasteiger partial charge in [0.05, 0.1) is 6.04 Å². The summed E-state index contributed by atoms with van der Waals surface area (Å²) in [6, 6.07) is 9.67. The van der Waals surface area contributed by atoms with Crippen molar-refractivity contribution in [3.8, 4) is 0 Å². The van der Waals surface area contributed by atoms with Crippen LogP contribution in [0.3, 0.4) is 0 Å². The Labute approximate surface area is 118 Å². The monoisotopic (exact) mass is 271 g/mol. The molecule has 2 aliphatic rings. The second kappa shape index (κ2) is 5.49. The maximum Gasteiger partial charge on any atom is 0.417 e. The summed E-state index contributed by atoms with van der Waals surface area (Å²) in [6.45, 7) is 0.284. The third-order valence-electron chi connectivity index (χ3n) is 3.81.